The second-order valence-electron chi connectivity index (χ2n) is 2.20. The minimum atomic E-state index is -0.720. The van der Waals surface area contributed by atoms with Crippen LogP contribution in [0.5, 0.6) is 0 Å². The van der Waals surface area contributed by atoms with Gasteiger partial charge >= 0.3 is 5.69 Å². The van der Waals surface area contributed by atoms with Crippen LogP contribution in [0.2, 0.25) is 0 Å². The molecule has 0 radical (unpaired) electrons. The van der Waals surface area contributed by atoms with E-state index in [0.717, 1.165) is 0 Å². The van der Waals surface area contributed by atoms with Crippen molar-refractivity contribution in [3.05, 3.63) is 26.5 Å². The Morgan fingerprint density at radius 2 is 2.23 bits per heavy atom. The number of hydrazine groups is 1. The van der Waals surface area contributed by atoms with Crippen LogP contribution >= 0.6 is 0 Å². The van der Waals surface area contributed by atoms with Gasteiger partial charge in [0.1, 0.15) is 5.69 Å². The van der Waals surface area contributed by atoms with Crippen molar-refractivity contribution < 1.29 is 4.79 Å². The zero-order valence-corrected chi connectivity index (χ0v) is 6.46. The SMILES string of the molecule is NNC(=O)Cc1n[nH]c(=O)[nH]c1=O. The molecule has 8 nitrogen and oxygen atoms in total. The molecule has 0 aliphatic heterocycles. The van der Waals surface area contributed by atoms with E-state index >= 15 is 0 Å². The fourth-order valence-corrected chi connectivity index (χ4v) is 0.695. The maximum Gasteiger partial charge on any atom is 0.342 e. The Kier molecular flexibility index (Phi) is 2.55. The van der Waals surface area contributed by atoms with Gasteiger partial charge in [0.25, 0.3) is 5.56 Å². The zero-order chi connectivity index (χ0) is 9.84. The second kappa shape index (κ2) is 3.63. The highest BCUT2D eigenvalue weighted by Crippen LogP contribution is 1.80. The van der Waals surface area contributed by atoms with Gasteiger partial charge in [0, 0.05) is 0 Å². The van der Waals surface area contributed by atoms with Gasteiger partial charge < -0.3 is 0 Å². The Balaban J connectivity index is 2.97. The number of nitrogens with two attached hydrogens (primary N) is 1. The minimum absolute atomic E-state index is 0.0949. The lowest BCUT2D eigenvalue weighted by Crippen LogP contribution is -2.35. The molecule has 1 amide bonds. The van der Waals surface area contributed by atoms with E-state index < -0.39 is 17.2 Å². The van der Waals surface area contributed by atoms with Crippen LogP contribution in [0, 0.1) is 0 Å². The third-order valence-corrected chi connectivity index (χ3v) is 1.27. The van der Waals surface area contributed by atoms with Crippen LogP contribution in [-0.4, -0.2) is 21.1 Å². The normalized spacial score (nSPS) is 9.62. The molecule has 8 heteroatoms. The van der Waals surface area contributed by atoms with E-state index in [9.17, 15) is 14.4 Å². The molecule has 0 fully saturated rings. The van der Waals surface area contributed by atoms with Crippen LogP contribution in [0.15, 0.2) is 9.59 Å². The average molecular weight is 185 g/mol. The Morgan fingerprint density at radius 1 is 1.54 bits per heavy atom. The molecule has 0 saturated carbocycles. The molecule has 1 aromatic heterocycles. The number of aromatic nitrogens is 3. The van der Waals surface area contributed by atoms with E-state index in [2.05, 4.69) is 5.10 Å². The van der Waals surface area contributed by atoms with Gasteiger partial charge in [-0.3, -0.25) is 20.0 Å². The molecule has 0 aromatic carbocycles. The Bertz CT molecular complexity index is 419. The van der Waals surface area contributed by atoms with Crippen molar-refractivity contribution in [2.24, 2.45) is 5.84 Å². The zero-order valence-electron chi connectivity index (χ0n) is 6.46. The van der Waals surface area contributed by atoms with E-state index in [1.54, 1.807) is 0 Å². The first-order chi connectivity index (χ1) is 6.13. The summed E-state index contributed by atoms with van der Waals surface area (Å²) in [5.74, 6) is 4.22. The van der Waals surface area contributed by atoms with Crippen molar-refractivity contribution in [3.8, 4) is 0 Å². The maximum atomic E-state index is 10.9. The topological polar surface area (TPSA) is 134 Å². The van der Waals surface area contributed by atoms with E-state index in [0.29, 0.717) is 0 Å². The quantitative estimate of drug-likeness (QED) is 0.221. The molecule has 0 saturated heterocycles. The third-order valence-electron chi connectivity index (χ3n) is 1.27. The maximum absolute atomic E-state index is 10.9. The monoisotopic (exact) mass is 185 g/mol. The number of hydrogen-bond acceptors (Lipinski definition) is 5. The van der Waals surface area contributed by atoms with E-state index in [1.807, 2.05) is 15.5 Å². The van der Waals surface area contributed by atoms with Crippen molar-refractivity contribution >= 4 is 5.91 Å². The number of carbonyl (C=O) groups excluding carboxylic acids is 1. The first kappa shape index (κ1) is 9.13. The molecule has 1 heterocycles. The number of amides is 1. The van der Waals surface area contributed by atoms with Crippen molar-refractivity contribution in [3.63, 3.8) is 0 Å². The summed E-state index contributed by atoms with van der Waals surface area (Å²) in [6.07, 6.45) is -0.275. The molecule has 0 aliphatic rings. The molecule has 0 bridgehead atoms. The van der Waals surface area contributed by atoms with Gasteiger partial charge in [-0.2, -0.15) is 5.10 Å². The Hall–Kier alpha value is -1.96. The van der Waals surface area contributed by atoms with Gasteiger partial charge in [-0.15, -0.1) is 0 Å². The van der Waals surface area contributed by atoms with Gasteiger partial charge in [0.2, 0.25) is 5.91 Å². The summed E-state index contributed by atoms with van der Waals surface area (Å²) in [5.41, 5.74) is 0.315. The van der Waals surface area contributed by atoms with Crippen LogP contribution in [0.1, 0.15) is 5.69 Å². The summed E-state index contributed by atoms with van der Waals surface area (Å²) in [6.45, 7) is 0. The third kappa shape index (κ3) is 2.24. The van der Waals surface area contributed by atoms with Gasteiger partial charge in [-0.1, -0.05) is 0 Å². The molecular weight excluding hydrogens is 178 g/mol. The molecular formula is C5H7N5O3. The molecule has 1 aromatic rings. The molecule has 0 unspecified atom stereocenters. The summed E-state index contributed by atoms with van der Waals surface area (Å²) in [7, 11) is 0. The van der Waals surface area contributed by atoms with Gasteiger partial charge in [0.15, 0.2) is 0 Å². The minimum Gasteiger partial charge on any atom is -0.294 e. The summed E-state index contributed by atoms with van der Waals surface area (Å²) >= 11 is 0. The molecule has 70 valence electrons. The van der Waals surface area contributed by atoms with Crippen LogP contribution in [0.25, 0.3) is 0 Å². The second-order valence-corrected chi connectivity index (χ2v) is 2.20. The molecule has 5 N–H and O–H groups in total. The summed E-state index contributed by atoms with van der Waals surface area (Å²) < 4.78 is 0. The van der Waals surface area contributed by atoms with Crippen LogP contribution in [0.3, 0.4) is 0 Å². The highest BCUT2D eigenvalue weighted by molar-refractivity contribution is 5.77. The molecule has 1 rings (SSSR count). The first-order valence-corrected chi connectivity index (χ1v) is 3.31. The van der Waals surface area contributed by atoms with Crippen molar-refractivity contribution in [2.75, 3.05) is 0 Å². The Morgan fingerprint density at radius 3 is 2.77 bits per heavy atom. The molecule has 0 atom stereocenters. The fraction of sp³-hybridized carbons (Fsp3) is 0.200. The number of rotatable bonds is 2. The van der Waals surface area contributed by atoms with Crippen molar-refractivity contribution in [1.82, 2.24) is 20.6 Å². The van der Waals surface area contributed by atoms with E-state index in [4.69, 9.17) is 5.84 Å². The van der Waals surface area contributed by atoms with Gasteiger partial charge in [-0.25, -0.2) is 15.7 Å². The van der Waals surface area contributed by atoms with Crippen LogP contribution in [0.4, 0.5) is 0 Å². The number of nitrogens with one attached hydrogen (secondary N) is 3. The highest BCUT2D eigenvalue weighted by Gasteiger charge is 2.07. The Labute approximate surface area is 71.1 Å². The van der Waals surface area contributed by atoms with Gasteiger partial charge in [-0.05, 0) is 0 Å². The van der Waals surface area contributed by atoms with Crippen LogP contribution in [-0.2, 0) is 11.2 Å². The van der Waals surface area contributed by atoms with Crippen molar-refractivity contribution in [1.29, 1.82) is 0 Å². The lowest BCUT2D eigenvalue weighted by atomic mass is 10.3. The lowest BCUT2D eigenvalue weighted by Gasteiger charge is -1.96. The highest BCUT2D eigenvalue weighted by atomic mass is 16.2. The van der Waals surface area contributed by atoms with Crippen LogP contribution < -0.4 is 22.5 Å². The fourth-order valence-electron chi connectivity index (χ4n) is 0.695. The predicted molar refractivity (Wildman–Crippen MR) is 41.5 cm³/mol. The predicted octanol–water partition coefficient (Wildman–Crippen LogP) is -3.01. The first-order valence-electron chi connectivity index (χ1n) is 3.31. The van der Waals surface area contributed by atoms with E-state index in [1.165, 1.54) is 0 Å². The van der Waals surface area contributed by atoms with Crippen molar-refractivity contribution in [2.45, 2.75) is 6.42 Å². The average Bonchev–Trinajstić information content (AvgIpc) is 2.09. The summed E-state index contributed by atoms with van der Waals surface area (Å²) in [5, 5.41) is 5.36. The summed E-state index contributed by atoms with van der Waals surface area (Å²) in [6, 6.07) is 0. The molecule has 13 heavy (non-hydrogen) atoms. The van der Waals surface area contributed by atoms with E-state index in [-0.39, 0.29) is 12.1 Å². The molecule has 0 aliphatic carbocycles. The van der Waals surface area contributed by atoms with Gasteiger partial charge in [0.05, 0.1) is 6.42 Å². The summed E-state index contributed by atoms with van der Waals surface area (Å²) in [4.78, 5) is 34.0. The largest absolute Gasteiger partial charge is 0.342 e. The number of H-pyrrole nitrogens is 2. The number of hydrogen-bond donors (Lipinski definition) is 4. The number of carbonyl (C=O) groups is 1. The molecule has 0 spiro atoms. The number of aromatic amines is 2. The number of nitrogens with zero attached hydrogens (tertiary/aromatic N) is 1. The smallest absolute Gasteiger partial charge is 0.294 e. The lowest BCUT2D eigenvalue weighted by molar-refractivity contribution is -0.120. The standard InChI is InChI=1S/C5H7N5O3/c6-8-3(11)1-2-4(12)7-5(13)10-9-2/h1,6H2,(H,8,11)(H2,7,10,12,13).